The molecule has 4 saturated carbocycles. The highest BCUT2D eigenvalue weighted by Crippen LogP contribution is 2.50. The van der Waals surface area contributed by atoms with Crippen molar-refractivity contribution >= 4 is 114 Å². The molecule has 0 radical (unpaired) electrons. The van der Waals surface area contributed by atoms with Crippen LogP contribution in [0.3, 0.4) is 0 Å². The van der Waals surface area contributed by atoms with Crippen molar-refractivity contribution in [1.29, 1.82) is 0 Å². The number of hydrogen-bond acceptors (Lipinski definition) is 20. The molecule has 28 nitrogen and oxygen atoms in total. The lowest BCUT2D eigenvalue weighted by atomic mass is 9.83. The number of aliphatic hydroxyl groups excluding tert-OH is 3. The molecule has 8 aromatic carbocycles. The van der Waals surface area contributed by atoms with Crippen molar-refractivity contribution in [1.82, 2.24) is 38.2 Å². The maximum Gasteiger partial charge on any atom is 0.414 e. The molecule has 762 valence electrons. The van der Waals surface area contributed by atoms with Crippen LogP contribution >= 0.6 is 0 Å². The quantitative estimate of drug-likeness (QED) is 0.0580. The van der Waals surface area contributed by atoms with Crippen molar-refractivity contribution in [3.05, 3.63) is 238 Å². The Morgan fingerprint density at radius 3 is 0.958 bits per heavy atom. The van der Waals surface area contributed by atoms with E-state index in [9.17, 15) is 58.8 Å². The zero-order valence-electron chi connectivity index (χ0n) is 84.8. The van der Waals surface area contributed by atoms with Crippen LogP contribution < -0.4 is 19.6 Å². The number of ketones is 4. The van der Waals surface area contributed by atoms with E-state index in [1.165, 1.54) is 28.4 Å². The first-order valence-electron chi connectivity index (χ1n) is 51.5. The van der Waals surface area contributed by atoms with E-state index in [2.05, 4.69) is 18.3 Å². The van der Waals surface area contributed by atoms with Gasteiger partial charge in [0.25, 0.3) is 0 Å². The van der Waals surface area contributed by atoms with Crippen molar-refractivity contribution in [3.63, 3.8) is 0 Å². The highest BCUT2D eigenvalue weighted by molar-refractivity contribution is 6.00. The van der Waals surface area contributed by atoms with Crippen LogP contribution in [0.2, 0.25) is 0 Å². The molecule has 8 aliphatic rings. The molecule has 4 amide bonds. The third-order valence-electron chi connectivity index (χ3n) is 32.0. The first kappa shape index (κ1) is 104. The highest BCUT2D eigenvalue weighted by atomic mass is 16.6. The molecule has 12 aromatic rings. The topological polar surface area (TPSA) is 339 Å². The number of amides is 4. The minimum Gasteiger partial charge on any atom is -0.452 e. The fourth-order valence-corrected chi connectivity index (χ4v) is 24.2. The second kappa shape index (κ2) is 44.8. The number of carbonyl (C=O) groups is 8. The number of methoxy groups -OCH3 is 4. The summed E-state index contributed by atoms with van der Waals surface area (Å²) in [7, 11) is 5.63. The van der Waals surface area contributed by atoms with Crippen LogP contribution in [0.15, 0.2) is 170 Å². The van der Waals surface area contributed by atoms with Gasteiger partial charge in [-0.25, -0.2) is 39.1 Å². The minimum atomic E-state index is -1.22. The van der Waals surface area contributed by atoms with Gasteiger partial charge in [-0.2, -0.15) is 0 Å². The summed E-state index contributed by atoms with van der Waals surface area (Å²) in [6.45, 7) is 16.7. The van der Waals surface area contributed by atoms with Crippen molar-refractivity contribution in [2.24, 2.45) is 23.7 Å². The molecule has 20 rings (SSSR count). The lowest BCUT2D eigenvalue weighted by molar-refractivity contribution is -0.122. The van der Waals surface area contributed by atoms with E-state index in [0.717, 1.165) is 265 Å². The summed E-state index contributed by atoms with van der Waals surface area (Å²) in [5, 5.41) is 46.2. The first-order chi connectivity index (χ1) is 68.9. The molecule has 4 aliphatic heterocycles. The molecule has 0 bridgehead atoms. The summed E-state index contributed by atoms with van der Waals surface area (Å²) in [4.78, 5) is 126. The predicted molar refractivity (Wildman–Crippen MR) is 559 cm³/mol. The van der Waals surface area contributed by atoms with Crippen molar-refractivity contribution in [2.75, 3.05) is 48.0 Å². The molecule has 4 N–H and O–H groups in total. The Labute approximate surface area is 843 Å². The van der Waals surface area contributed by atoms with Crippen LogP contribution in [0, 0.1) is 23.7 Å². The Kier molecular flexibility index (Phi) is 32.4. The molecular formula is C116H142N12O16. The SMILES string of the molecule is C.COC(=O)N1c2ccc3c(nc([C@@H](O)Cc4ccccc4)n3C3CCC(C(C)=O)CC3)c2CC[C@@H]1C.COC(=O)N1c2ccc3c(nc([C@@H](O)c4ccccc4)n3C3CCC(C(C)=O)CC3)c2CC[C@@H]1C.COC(=O)N1c2ccc3c(nc([C@@](C)(O)Cc4ccccc4)n3[C@@H]3CCC[C@@H](C(C)=O)C3)c2CC[C@@H]1C.COC(=O)N1c2ccc3c(nc([C@H](O)c4ccccc4)n3C3CCC(C(C)=O)CC3)c2CC[C@@H]1C. The second-order valence-electron chi connectivity index (χ2n) is 41.2. The zero-order valence-corrected chi connectivity index (χ0v) is 84.8. The van der Waals surface area contributed by atoms with Crippen molar-refractivity contribution < 1.29 is 77.7 Å². The number of nitrogens with zero attached hydrogens (tertiary/aromatic N) is 12. The van der Waals surface area contributed by atoms with Gasteiger partial charge in [0.2, 0.25) is 0 Å². The number of aliphatic hydroxyl groups is 4. The number of Topliss-reactive ketones (excluding diaryl/α,β-unsaturated/α-hetero) is 4. The molecule has 4 fully saturated rings. The van der Waals surface area contributed by atoms with E-state index in [-0.39, 0.29) is 127 Å². The smallest absolute Gasteiger partial charge is 0.414 e. The van der Waals surface area contributed by atoms with E-state index in [1.807, 2.05) is 204 Å². The van der Waals surface area contributed by atoms with Gasteiger partial charge in [0.15, 0.2) is 0 Å². The average Bonchev–Trinajstić information content (AvgIpc) is 1.58. The van der Waals surface area contributed by atoms with Gasteiger partial charge in [-0.1, -0.05) is 135 Å². The summed E-state index contributed by atoms with van der Waals surface area (Å²) in [6, 6.07) is 55.9. The number of imidazole rings is 4. The molecular weight excluding hydrogens is 1820 g/mol. The van der Waals surface area contributed by atoms with E-state index in [4.69, 9.17) is 38.9 Å². The first-order valence-corrected chi connectivity index (χ1v) is 51.5. The standard InChI is InChI=1S/C30H37N3O4.C29H35N3O4.2C28H33N3O4.CH4/c1-19-13-14-24-25(32(19)29(35)37-4)15-16-26-27(24)31-28(30(3,36)18-21-9-6-5-7-10-21)33(26)23-12-8-11-22(17-23)20(2)34;1-18-9-14-23-24(31(18)29(35)36-3)15-16-25-27(23)30-28(26(34)17-20-7-5-4-6-8-20)32(25)22-12-10-21(11-13-22)19(2)33;2*1-17-9-14-22-23(30(17)28(34)35-3)15-16-24-25(22)29-27(26(33)20-7-5-4-6-8-20)31(24)21-12-10-19(11-13-21)18(2)32;/h5-7,9-10,15-16,19,22-23,36H,8,11-14,17-18H2,1-4H3;4-8,15-16,18,21-22,26,34H,9-14,17H2,1-3H3;2*4-8,15-17,19,21,26,33H,9-14H2,1-3H3;1H4/t19-,22+,23+,30-;18-,21?,22?,26-;17-,19?,21?,26+;17-,19?,21?,26-;/m0000./s1. The van der Waals surface area contributed by atoms with Gasteiger partial charge in [0.1, 0.15) is 70.3 Å². The Balaban J connectivity index is 0.000000137. The normalized spacial score (nSPS) is 22.9. The summed E-state index contributed by atoms with van der Waals surface area (Å²) in [5.41, 5.74) is 17.1. The number of carbonyl (C=O) groups excluding carboxylic acids is 8. The van der Waals surface area contributed by atoms with E-state index in [0.29, 0.717) is 36.1 Å². The molecule has 28 heteroatoms. The largest absolute Gasteiger partial charge is 0.452 e. The third-order valence-corrected chi connectivity index (χ3v) is 32.0. The van der Waals surface area contributed by atoms with Gasteiger partial charge < -0.3 is 57.6 Å². The fraction of sp³-hybridized carbons (Fsp3) is 0.483. The van der Waals surface area contributed by atoms with Gasteiger partial charge in [-0.15, -0.1) is 0 Å². The molecule has 10 atom stereocenters. The van der Waals surface area contributed by atoms with E-state index in [1.54, 1.807) is 47.3 Å². The number of aromatic nitrogens is 8. The Morgan fingerprint density at radius 2 is 0.639 bits per heavy atom. The molecule has 4 aromatic heterocycles. The molecule has 8 heterocycles. The molecule has 4 aliphatic carbocycles. The fourth-order valence-electron chi connectivity index (χ4n) is 24.2. The van der Waals surface area contributed by atoms with Crippen molar-refractivity contribution in [2.45, 2.75) is 309 Å². The van der Waals surface area contributed by atoms with Gasteiger partial charge >= 0.3 is 24.4 Å². The van der Waals surface area contributed by atoms with Crippen molar-refractivity contribution in [3.8, 4) is 0 Å². The zero-order chi connectivity index (χ0) is 101. The number of hydrogen-bond donors (Lipinski definition) is 4. The van der Waals surface area contributed by atoms with E-state index >= 15 is 0 Å². The van der Waals surface area contributed by atoms with Gasteiger partial charge in [-0.05, 0) is 281 Å². The van der Waals surface area contributed by atoms with Crippen LogP contribution in [0.5, 0.6) is 0 Å². The van der Waals surface area contributed by atoms with Crippen LogP contribution in [0.4, 0.5) is 41.9 Å². The number of rotatable bonds is 18. The number of fused-ring (bicyclic) bond motifs is 12. The molecule has 0 unspecified atom stereocenters. The highest BCUT2D eigenvalue weighted by Gasteiger charge is 2.44. The van der Waals surface area contributed by atoms with Gasteiger partial charge in [0.05, 0.1) is 95.3 Å². The number of aryl methyl sites for hydroxylation is 4. The lowest BCUT2D eigenvalue weighted by Crippen LogP contribution is -2.42. The summed E-state index contributed by atoms with van der Waals surface area (Å²) < 4.78 is 29.1. The van der Waals surface area contributed by atoms with Crippen LogP contribution in [-0.4, -0.2) is 159 Å². The second-order valence-corrected chi connectivity index (χ2v) is 41.2. The maximum absolute atomic E-state index is 12.7. The number of anilines is 4. The molecule has 0 spiro atoms. The van der Waals surface area contributed by atoms with Crippen LogP contribution in [0.1, 0.15) is 308 Å². The van der Waals surface area contributed by atoms with Crippen LogP contribution in [-0.2, 0) is 82.3 Å². The Morgan fingerprint density at radius 1 is 0.347 bits per heavy atom. The summed E-state index contributed by atoms with van der Waals surface area (Å²) in [5.74, 6) is 3.92. The molecule has 144 heavy (non-hydrogen) atoms. The number of ether oxygens (including phenoxy) is 4. The molecule has 0 saturated heterocycles. The monoisotopic (exact) mass is 1960 g/mol. The Bertz CT molecular complexity index is 6450. The summed E-state index contributed by atoms with van der Waals surface area (Å²) >= 11 is 0. The van der Waals surface area contributed by atoms with Crippen LogP contribution in [0.25, 0.3) is 44.1 Å². The average molecular weight is 1960 g/mol. The van der Waals surface area contributed by atoms with Gasteiger partial charge in [-0.3, -0.25) is 38.8 Å². The predicted octanol–water partition coefficient (Wildman–Crippen LogP) is 22.6. The lowest BCUT2D eigenvalue weighted by Gasteiger charge is -2.34. The number of benzene rings is 8. The van der Waals surface area contributed by atoms with Gasteiger partial charge in [0, 0.05) is 107 Å². The van der Waals surface area contributed by atoms with E-state index < -0.39 is 23.9 Å². The minimum absolute atomic E-state index is 0. The maximum atomic E-state index is 12.7. The Hall–Kier alpha value is -12.8. The summed E-state index contributed by atoms with van der Waals surface area (Å²) in [6.07, 6.45) is 17.2. The third kappa shape index (κ3) is 21.0.